The van der Waals surface area contributed by atoms with Crippen LogP contribution in [0.1, 0.15) is 19.0 Å². The number of carbonyl (C=O) groups is 1. The van der Waals surface area contributed by atoms with Crippen molar-refractivity contribution in [1.29, 1.82) is 0 Å². The Bertz CT molecular complexity index is 403. The van der Waals surface area contributed by atoms with Gasteiger partial charge in [-0.25, -0.2) is 4.98 Å². The van der Waals surface area contributed by atoms with E-state index < -0.39 is 18.6 Å². The lowest BCUT2D eigenvalue weighted by Crippen LogP contribution is -2.35. The lowest BCUT2D eigenvalue weighted by Gasteiger charge is -2.08. The molecule has 0 unspecified atom stereocenters. The Hall–Kier alpha value is -1.57. The first-order chi connectivity index (χ1) is 8.90. The third-order valence-electron chi connectivity index (χ3n) is 2.23. The molecule has 108 valence electrons. The number of amides is 1. The SMILES string of the molecule is CCCNCc1cn(CC(=O)NCC(F)(F)F)cn1. The average Bonchev–Trinajstić information content (AvgIpc) is 2.74. The van der Waals surface area contributed by atoms with Crippen LogP contribution in [0.4, 0.5) is 13.2 Å². The van der Waals surface area contributed by atoms with Crippen LogP contribution < -0.4 is 10.6 Å². The summed E-state index contributed by atoms with van der Waals surface area (Å²) in [6, 6.07) is 0. The minimum atomic E-state index is -4.39. The molecule has 0 aromatic carbocycles. The van der Waals surface area contributed by atoms with Gasteiger partial charge in [0.15, 0.2) is 0 Å². The van der Waals surface area contributed by atoms with Gasteiger partial charge in [-0.2, -0.15) is 13.2 Å². The minimum Gasteiger partial charge on any atom is -0.345 e. The molecule has 2 N–H and O–H groups in total. The molecule has 0 aliphatic carbocycles. The Labute approximate surface area is 109 Å². The summed E-state index contributed by atoms with van der Waals surface area (Å²) in [7, 11) is 0. The van der Waals surface area contributed by atoms with Gasteiger partial charge in [-0.1, -0.05) is 6.92 Å². The molecule has 0 saturated carbocycles. The van der Waals surface area contributed by atoms with Gasteiger partial charge in [-0.15, -0.1) is 0 Å². The van der Waals surface area contributed by atoms with E-state index in [0.717, 1.165) is 18.7 Å². The van der Waals surface area contributed by atoms with Gasteiger partial charge >= 0.3 is 6.18 Å². The van der Waals surface area contributed by atoms with Crippen molar-refractivity contribution >= 4 is 5.91 Å². The summed E-state index contributed by atoms with van der Waals surface area (Å²) < 4.78 is 37.1. The van der Waals surface area contributed by atoms with Crippen LogP contribution in [0, 0.1) is 0 Å². The van der Waals surface area contributed by atoms with Gasteiger partial charge in [0.1, 0.15) is 13.1 Å². The Balaban J connectivity index is 2.34. The van der Waals surface area contributed by atoms with Crippen molar-refractivity contribution in [1.82, 2.24) is 20.2 Å². The predicted octanol–water partition coefficient (Wildman–Crippen LogP) is 1.06. The summed E-state index contributed by atoms with van der Waals surface area (Å²) in [5.41, 5.74) is 0.747. The standard InChI is InChI=1S/C11H17F3N4O/c1-2-3-15-4-9-5-18(8-17-9)6-10(19)16-7-11(12,13)14/h5,8,15H,2-4,6-7H2,1H3,(H,16,19). The summed E-state index contributed by atoms with van der Waals surface area (Å²) in [4.78, 5) is 15.3. The number of imidazole rings is 1. The lowest BCUT2D eigenvalue weighted by molar-refractivity contribution is -0.138. The van der Waals surface area contributed by atoms with E-state index in [1.165, 1.54) is 10.9 Å². The highest BCUT2D eigenvalue weighted by molar-refractivity contribution is 5.75. The van der Waals surface area contributed by atoms with E-state index in [9.17, 15) is 18.0 Å². The van der Waals surface area contributed by atoms with Crippen molar-refractivity contribution in [3.05, 3.63) is 18.2 Å². The summed E-state index contributed by atoms with van der Waals surface area (Å²) in [5.74, 6) is -0.692. The molecule has 0 aliphatic heterocycles. The number of nitrogens with zero attached hydrogens (tertiary/aromatic N) is 2. The molecule has 8 heteroatoms. The van der Waals surface area contributed by atoms with Gasteiger partial charge < -0.3 is 15.2 Å². The first-order valence-electron chi connectivity index (χ1n) is 5.95. The number of hydrogen-bond donors (Lipinski definition) is 2. The molecule has 19 heavy (non-hydrogen) atoms. The molecule has 5 nitrogen and oxygen atoms in total. The predicted molar refractivity (Wildman–Crippen MR) is 63.3 cm³/mol. The number of aromatic nitrogens is 2. The van der Waals surface area contributed by atoms with E-state index in [0.29, 0.717) is 6.54 Å². The lowest BCUT2D eigenvalue weighted by atomic mass is 10.4. The molecule has 0 saturated heterocycles. The highest BCUT2D eigenvalue weighted by atomic mass is 19.4. The van der Waals surface area contributed by atoms with Crippen LogP contribution in [-0.2, 0) is 17.9 Å². The molecule has 0 radical (unpaired) electrons. The van der Waals surface area contributed by atoms with Crippen molar-refractivity contribution in [2.24, 2.45) is 0 Å². The molecule has 0 spiro atoms. The van der Waals surface area contributed by atoms with Crippen molar-refractivity contribution in [2.75, 3.05) is 13.1 Å². The van der Waals surface area contributed by atoms with Gasteiger partial charge in [0, 0.05) is 12.7 Å². The van der Waals surface area contributed by atoms with Gasteiger partial charge in [-0.3, -0.25) is 4.79 Å². The smallest absolute Gasteiger partial charge is 0.345 e. The van der Waals surface area contributed by atoms with E-state index in [2.05, 4.69) is 10.3 Å². The molecular formula is C11H17F3N4O. The number of nitrogens with one attached hydrogen (secondary N) is 2. The maximum atomic E-state index is 11.9. The second-order valence-electron chi connectivity index (χ2n) is 4.11. The monoisotopic (exact) mass is 278 g/mol. The van der Waals surface area contributed by atoms with Crippen LogP contribution in [0.25, 0.3) is 0 Å². The van der Waals surface area contributed by atoms with E-state index in [1.807, 2.05) is 6.92 Å². The molecule has 1 aromatic heterocycles. The summed E-state index contributed by atoms with van der Waals surface area (Å²) >= 11 is 0. The fourth-order valence-electron chi connectivity index (χ4n) is 1.40. The highest BCUT2D eigenvalue weighted by Crippen LogP contribution is 2.12. The largest absolute Gasteiger partial charge is 0.405 e. The fraction of sp³-hybridized carbons (Fsp3) is 0.636. The van der Waals surface area contributed by atoms with Crippen molar-refractivity contribution < 1.29 is 18.0 Å². The molecule has 1 amide bonds. The molecule has 0 aliphatic rings. The third kappa shape index (κ3) is 6.80. The van der Waals surface area contributed by atoms with Gasteiger partial charge in [0.05, 0.1) is 12.0 Å². The third-order valence-corrected chi connectivity index (χ3v) is 2.23. The zero-order valence-electron chi connectivity index (χ0n) is 10.6. The van der Waals surface area contributed by atoms with E-state index in [1.54, 1.807) is 11.5 Å². The molecule has 0 atom stereocenters. The van der Waals surface area contributed by atoms with E-state index >= 15 is 0 Å². The quantitative estimate of drug-likeness (QED) is 0.733. The number of rotatable bonds is 7. The number of hydrogen-bond acceptors (Lipinski definition) is 3. The minimum absolute atomic E-state index is 0.170. The molecule has 0 bridgehead atoms. The normalized spacial score (nSPS) is 11.6. The van der Waals surface area contributed by atoms with Gasteiger partial charge in [0.25, 0.3) is 0 Å². The molecular weight excluding hydrogens is 261 g/mol. The number of halogens is 3. The number of alkyl halides is 3. The highest BCUT2D eigenvalue weighted by Gasteiger charge is 2.27. The fourth-order valence-corrected chi connectivity index (χ4v) is 1.40. The van der Waals surface area contributed by atoms with Crippen LogP contribution >= 0.6 is 0 Å². The van der Waals surface area contributed by atoms with Crippen LogP contribution in [-0.4, -0.2) is 34.7 Å². The summed E-state index contributed by atoms with van der Waals surface area (Å²) in [5, 5.41) is 4.94. The second-order valence-corrected chi connectivity index (χ2v) is 4.11. The second kappa shape index (κ2) is 7.13. The molecule has 0 fully saturated rings. The maximum absolute atomic E-state index is 11.9. The van der Waals surface area contributed by atoms with Gasteiger partial charge in [-0.05, 0) is 13.0 Å². The zero-order chi connectivity index (χ0) is 14.3. The molecule has 1 aromatic rings. The van der Waals surface area contributed by atoms with Crippen molar-refractivity contribution in [3.63, 3.8) is 0 Å². The first-order valence-corrected chi connectivity index (χ1v) is 5.95. The van der Waals surface area contributed by atoms with Crippen LogP contribution in [0.5, 0.6) is 0 Å². The Morgan fingerprint density at radius 2 is 2.21 bits per heavy atom. The van der Waals surface area contributed by atoms with E-state index in [4.69, 9.17) is 0 Å². The molecule has 1 rings (SSSR count). The maximum Gasteiger partial charge on any atom is 0.405 e. The average molecular weight is 278 g/mol. The van der Waals surface area contributed by atoms with E-state index in [-0.39, 0.29) is 6.54 Å². The molecule has 1 heterocycles. The first kappa shape index (κ1) is 15.5. The topological polar surface area (TPSA) is 59.0 Å². The van der Waals surface area contributed by atoms with Crippen LogP contribution in [0.2, 0.25) is 0 Å². The summed E-state index contributed by atoms with van der Waals surface area (Å²) in [6.07, 6.45) is -0.327. The Morgan fingerprint density at radius 3 is 2.84 bits per heavy atom. The Morgan fingerprint density at radius 1 is 1.47 bits per heavy atom. The van der Waals surface area contributed by atoms with Gasteiger partial charge in [0.2, 0.25) is 5.91 Å². The van der Waals surface area contributed by atoms with Crippen LogP contribution in [0.3, 0.4) is 0 Å². The number of carbonyl (C=O) groups excluding carboxylic acids is 1. The zero-order valence-corrected chi connectivity index (χ0v) is 10.6. The Kier molecular flexibility index (Phi) is 5.81. The van der Waals surface area contributed by atoms with Crippen LogP contribution in [0.15, 0.2) is 12.5 Å². The summed E-state index contributed by atoms with van der Waals surface area (Å²) in [6.45, 7) is 1.99. The van der Waals surface area contributed by atoms with Crippen molar-refractivity contribution in [2.45, 2.75) is 32.6 Å². The van der Waals surface area contributed by atoms with Crippen molar-refractivity contribution in [3.8, 4) is 0 Å².